The lowest BCUT2D eigenvalue weighted by molar-refractivity contribution is 0.0732. The SMILES string of the molecule is CN=C(NCCC1=CCOCC1)NCC1(CCOC)CCC1. The van der Waals surface area contributed by atoms with Gasteiger partial charge in [0.05, 0.1) is 13.2 Å². The van der Waals surface area contributed by atoms with E-state index in [0.29, 0.717) is 5.41 Å². The first-order chi connectivity index (χ1) is 10.8. The predicted molar refractivity (Wildman–Crippen MR) is 90.3 cm³/mol. The minimum absolute atomic E-state index is 0.414. The fourth-order valence-corrected chi connectivity index (χ4v) is 3.14. The molecular formula is C17H31N3O2. The van der Waals surface area contributed by atoms with Crippen LogP contribution in [0, 0.1) is 5.41 Å². The number of aliphatic imine (C=N–C) groups is 1. The summed E-state index contributed by atoms with van der Waals surface area (Å²) >= 11 is 0. The molecule has 0 aromatic rings. The summed E-state index contributed by atoms with van der Waals surface area (Å²) in [6.45, 7) is 4.40. The van der Waals surface area contributed by atoms with Gasteiger partial charge in [-0.25, -0.2) is 0 Å². The first-order valence-electron chi connectivity index (χ1n) is 8.47. The Hall–Kier alpha value is -1.07. The molecule has 2 aliphatic rings. The molecule has 22 heavy (non-hydrogen) atoms. The molecule has 1 fully saturated rings. The Bertz CT molecular complexity index is 389. The maximum atomic E-state index is 5.33. The number of nitrogens with zero attached hydrogens (tertiary/aromatic N) is 1. The Morgan fingerprint density at radius 1 is 1.41 bits per heavy atom. The van der Waals surface area contributed by atoms with Crippen molar-refractivity contribution in [3.63, 3.8) is 0 Å². The van der Waals surface area contributed by atoms with E-state index in [-0.39, 0.29) is 0 Å². The largest absolute Gasteiger partial charge is 0.385 e. The van der Waals surface area contributed by atoms with Gasteiger partial charge < -0.3 is 20.1 Å². The highest BCUT2D eigenvalue weighted by molar-refractivity contribution is 5.79. The molecule has 2 N–H and O–H groups in total. The van der Waals surface area contributed by atoms with Crippen LogP contribution in [0.3, 0.4) is 0 Å². The van der Waals surface area contributed by atoms with Gasteiger partial charge in [-0.15, -0.1) is 0 Å². The molecule has 0 spiro atoms. The highest BCUT2D eigenvalue weighted by Crippen LogP contribution is 2.43. The number of ether oxygens (including phenoxy) is 2. The lowest BCUT2D eigenvalue weighted by Crippen LogP contribution is -2.47. The quantitative estimate of drug-likeness (QED) is 0.409. The van der Waals surface area contributed by atoms with Crippen LogP contribution in [0.2, 0.25) is 0 Å². The molecule has 0 unspecified atom stereocenters. The fraction of sp³-hybridized carbons (Fsp3) is 0.824. The number of guanidine groups is 1. The molecule has 0 aromatic carbocycles. The molecule has 126 valence electrons. The van der Waals surface area contributed by atoms with Crippen LogP contribution in [0.5, 0.6) is 0 Å². The van der Waals surface area contributed by atoms with Gasteiger partial charge in [0.1, 0.15) is 0 Å². The Kier molecular flexibility index (Phi) is 7.19. The lowest BCUT2D eigenvalue weighted by Gasteiger charge is -2.42. The van der Waals surface area contributed by atoms with E-state index < -0.39 is 0 Å². The van der Waals surface area contributed by atoms with Crippen molar-refractivity contribution in [2.24, 2.45) is 10.4 Å². The summed E-state index contributed by atoms with van der Waals surface area (Å²) in [5, 5.41) is 6.92. The second kappa shape index (κ2) is 9.16. The molecule has 1 heterocycles. The Labute approximate surface area is 134 Å². The molecule has 1 aliphatic carbocycles. The van der Waals surface area contributed by atoms with Gasteiger partial charge in [0, 0.05) is 33.9 Å². The van der Waals surface area contributed by atoms with Crippen LogP contribution in [0.25, 0.3) is 0 Å². The lowest BCUT2D eigenvalue weighted by atomic mass is 9.67. The zero-order chi connectivity index (χ0) is 15.7. The third kappa shape index (κ3) is 5.29. The minimum atomic E-state index is 0.414. The normalized spacial score (nSPS) is 21.0. The van der Waals surface area contributed by atoms with Gasteiger partial charge in [0.15, 0.2) is 5.96 Å². The monoisotopic (exact) mass is 309 g/mol. The van der Waals surface area contributed by atoms with Gasteiger partial charge in [-0.2, -0.15) is 0 Å². The average molecular weight is 309 g/mol. The zero-order valence-corrected chi connectivity index (χ0v) is 14.1. The van der Waals surface area contributed by atoms with Crippen LogP contribution in [0.1, 0.15) is 38.5 Å². The first-order valence-corrected chi connectivity index (χ1v) is 8.47. The standard InChI is InChI=1S/C17H31N3O2/c1-18-16(19-10-4-15-5-11-22-12-6-15)20-14-17(7-3-8-17)9-13-21-2/h5H,3-4,6-14H2,1-2H3,(H2,18,19,20). The number of nitrogens with one attached hydrogen (secondary N) is 2. The number of hydrogen-bond donors (Lipinski definition) is 2. The van der Waals surface area contributed by atoms with Crippen molar-refractivity contribution in [2.45, 2.75) is 38.5 Å². The van der Waals surface area contributed by atoms with E-state index >= 15 is 0 Å². The summed E-state index contributed by atoms with van der Waals surface area (Å²) in [5.41, 5.74) is 1.90. The number of rotatable bonds is 8. The van der Waals surface area contributed by atoms with E-state index in [0.717, 1.165) is 58.1 Å². The molecular weight excluding hydrogens is 278 g/mol. The molecule has 0 saturated heterocycles. The van der Waals surface area contributed by atoms with Crippen LogP contribution in [0.4, 0.5) is 0 Å². The van der Waals surface area contributed by atoms with Crippen LogP contribution in [-0.2, 0) is 9.47 Å². The van der Waals surface area contributed by atoms with E-state index in [4.69, 9.17) is 9.47 Å². The summed E-state index contributed by atoms with van der Waals surface area (Å²) in [4.78, 5) is 4.33. The van der Waals surface area contributed by atoms with Crippen LogP contribution < -0.4 is 10.6 Å². The van der Waals surface area contributed by atoms with Crippen LogP contribution >= 0.6 is 0 Å². The molecule has 0 radical (unpaired) electrons. The third-order valence-corrected chi connectivity index (χ3v) is 4.90. The highest BCUT2D eigenvalue weighted by atomic mass is 16.5. The maximum Gasteiger partial charge on any atom is 0.191 e. The molecule has 0 amide bonds. The second-order valence-corrected chi connectivity index (χ2v) is 6.39. The summed E-state index contributed by atoms with van der Waals surface area (Å²) < 4.78 is 10.6. The van der Waals surface area contributed by atoms with Crippen molar-refractivity contribution in [2.75, 3.05) is 47.1 Å². The molecule has 5 nitrogen and oxygen atoms in total. The van der Waals surface area contributed by atoms with Gasteiger partial charge in [-0.3, -0.25) is 4.99 Å². The Balaban J connectivity index is 1.67. The fourth-order valence-electron chi connectivity index (χ4n) is 3.14. The Morgan fingerprint density at radius 2 is 2.27 bits per heavy atom. The first kappa shape index (κ1) is 17.3. The summed E-state index contributed by atoms with van der Waals surface area (Å²) in [7, 11) is 3.62. The van der Waals surface area contributed by atoms with Crippen LogP contribution in [-0.4, -0.2) is 53.0 Å². The second-order valence-electron chi connectivity index (χ2n) is 6.39. The van der Waals surface area contributed by atoms with E-state index in [9.17, 15) is 0 Å². The average Bonchev–Trinajstić information content (AvgIpc) is 2.52. The van der Waals surface area contributed by atoms with E-state index in [1.54, 1.807) is 7.11 Å². The van der Waals surface area contributed by atoms with E-state index in [2.05, 4.69) is 21.7 Å². The highest BCUT2D eigenvalue weighted by Gasteiger charge is 2.36. The van der Waals surface area contributed by atoms with Crippen molar-refractivity contribution >= 4 is 5.96 Å². The van der Waals surface area contributed by atoms with E-state index in [1.807, 2.05) is 7.05 Å². The zero-order valence-electron chi connectivity index (χ0n) is 14.1. The van der Waals surface area contributed by atoms with Crippen molar-refractivity contribution < 1.29 is 9.47 Å². The molecule has 0 bridgehead atoms. The van der Waals surface area contributed by atoms with Crippen LogP contribution in [0.15, 0.2) is 16.6 Å². The van der Waals surface area contributed by atoms with Gasteiger partial charge in [0.2, 0.25) is 0 Å². The van der Waals surface area contributed by atoms with Crippen molar-refractivity contribution in [1.82, 2.24) is 10.6 Å². The summed E-state index contributed by atoms with van der Waals surface area (Å²) in [6.07, 6.45) is 9.41. The van der Waals surface area contributed by atoms with Gasteiger partial charge in [-0.05, 0) is 37.5 Å². The van der Waals surface area contributed by atoms with E-state index in [1.165, 1.54) is 24.8 Å². The minimum Gasteiger partial charge on any atom is -0.385 e. The molecule has 1 saturated carbocycles. The molecule has 1 aliphatic heterocycles. The molecule has 0 aromatic heterocycles. The van der Waals surface area contributed by atoms with Gasteiger partial charge >= 0.3 is 0 Å². The number of methoxy groups -OCH3 is 1. The molecule has 2 rings (SSSR count). The summed E-state index contributed by atoms with van der Waals surface area (Å²) in [6, 6.07) is 0. The van der Waals surface area contributed by atoms with Gasteiger partial charge in [0.25, 0.3) is 0 Å². The maximum absolute atomic E-state index is 5.33. The van der Waals surface area contributed by atoms with Crippen molar-refractivity contribution in [3.8, 4) is 0 Å². The van der Waals surface area contributed by atoms with Gasteiger partial charge in [-0.1, -0.05) is 18.1 Å². The molecule has 5 heteroatoms. The Morgan fingerprint density at radius 3 is 2.86 bits per heavy atom. The number of hydrogen-bond acceptors (Lipinski definition) is 3. The topological polar surface area (TPSA) is 54.9 Å². The van der Waals surface area contributed by atoms with Crippen molar-refractivity contribution in [1.29, 1.82) is 0 Å². The van der Waals surface area contributed by atoms with Crippen molar-refractivity contribution in [3.05, 3.63) is 11.6 Å². The molecule has 0 atom stereocenters. The smallest absolute Gasteiger partial charge is 0.191 e. The third-order valence-electron chi connectivity index (χ3n) is 4.90. The predicted octanol–water partition coefficient (Wildman–Crippen LogP) is 2.09. The summed E-state index contributed by atoms with van der Waals surface area (Å²) in [5.74, 6) is 0.913.